The molecule has 0 aliphatic heterocycles. The first kappa shape index (κ1) is 26.6. The second kappa shape index (κ2) is 10.6. The Morgan fingerprint density at radius 1 is 0.974 bits per heavy atom. The number of sulfone groups is 1. The lowest BCUT2D eigenvalue weighted by atomic mass is 10.1. The van der Waals surface area contributed by atoms with Crippen molar-refractivity contribution in [1.82, 2.24) is 9.97 Å². The number of furan rings is 1. The van der Waals surface area contributed by atoms with E-state index in [1.165, 1.54) is 12.1 Å². The monoisotopic (exact) mass is 579 g/mol. The van der Waals surface area contributed by atoms with Gasteiger partial charge < -0.3 is 9.73 Å². The molecule has 2 aromatic heterocycles. The second-order valence-electron chi connectivity index (χ2n) is 8.69. The maximum absolute atomic E-state index is 13.4. The van der Waals surface area contributed by atoms with Gasteiger partial charge in [-0.1, -0.05) is 65.2 Å². The van der Waals surface area contributed by atoms with E-state index in [0.29, 0.717) is 27.1 Å². The number of fused-ring (bicyclic) bond motifs is 1. The number of carbonyl (C=O) groups is 2. The molecule has 0 radical (unpaired) electrons. The standard InChI is InChI=1S/C28H19Cl2N3O5S/c1-16-5-4-6-17(13-16)15-39(36,37)28-31-14-21(30)24(33-28)27(35)32-23-20-7-2-3-8-22(20)38-26(23)25(34)18-9-11-19(29)12-10-18/h2-14H,15H2,1H3,(H,32,35). The lowest BCUT2D eigenvalue weighted by Crippen LogP contribution is -2.19. The minimum atomic E-state index is -4.01. The maximum Gasteiger partial charge on any atom is 0.276 e. The highest BCUT2D eigenvalue weighted by molar-refractivity contribution is 7.90. The fraction of sp³-hybridized carbons (Fsp3) is 0.0714. The number of hydrogen-bond donors (Lipinski definition) is 1. The predicted octanol–water partition coefficient (Wildman–Crippen LogP) is 6.30. The number of halogens is 2. The summed E-state index contributed by atoms with van der Waals surface area (Å²) in [7, 11) is -4.01. The number of amides is 1. The normalized spacial score (nSPS) is 11.5. The van der Waals surface area contributed by atoms with Crippen molar-refractivity contribution in [2.75, 3.05) is 5.32 Å². The molecule has 8 nitrogen and oxygen atoms in total. The Hall–Kier alpha value is -4.05. The first-order chi connectivity index (χ1) is 18.6. The first-order valence-corrected chi connectivity index (χ1v) is 14.0. The third kappa shape index (κ3) is 5.56. The van der Waals surface area contributed by atoms with E-state index < -0.39 is 26.7 Å². The first-order valence-electron chi connectivity index (χ1n) is 11.6. The third-order valence-electron chi connectivity index (χ3n) is 5.80. The molecule has 0 aliphatic rings. The average Bonchev–Trinajstić information content (AvgIpc) is 3.26. The minimum absolute atomic E-state index is 0.0920. The van der Waals surface area contributed by atoms with Crippen LogP contribution in [0.15, 0.2) is 88.6 Å². The minimum Gasteiger partial charge on any atom is -0.450 e. The molecule has 5 aromatic rings. The van der Waals surface area contributed by atoms with E-state index in [1.807, 2.05) is 13.0 Å². The van der Waals surface area contributed by atoms with Gasteiger partial charge in [-0.3, -0.25) is 9.59 Å². The smallest absolute Gasteiger partial charge is 0.276 e. The van der Waals surface area contributed by atoms with Gasteiger partial charge in [0.2, 0.25) is 20.8 Å². The van der Waals surface area contributed by atoms with E-state index in [0.717, 1.165) is 11.8 Å². The van der Waals surface area contributed by atoms with Crippen molar-refractivity contribution in [2.45, 2.75) is 17.8 Å². The summed E-state index contributed by atoms with van der Waals surface area (Å²) in [5.41, 5.74) is 1.82. The summed E-state index contributed by atoms with van der Waals surface area (Å²) >= 11 is 12.2. The molecule has 1 amide bonds. The van der Waals surface area contributed by atoms with Crippen LogP contribution in [0.5, 0.6) is 0 Å². The van der Waals surface area contributed by atoms with E-state index in [2.05, 4.69) is 15.3 Å². The molecule has 3 aromatic carbocycles. The number of carbonyl (C=O) groups excluding carboxylic acids is 2. The van der Waals surface area contributed by atoms with E-state index in [1.54, 1.807) is 54.6 Å². The van der Waals surface area contributed by atoms with Gasteiger partial charge in [-0.25, -0.2) is 18.4 Å². The number of nitrogens with one attached hydrogen (secondary N) is 1. The van der Waals surface area contributed by atoms with Crippen LogP contribution >= 0.6 is 23.2 Å². The van der Waals surface area contributed by atoms with E-state index in [-0.39, 0.29) is 27.9 Å². The van der Waals surface area contributed by atoms with Crippen molar-refractivity contribution in [1.29, 1.82) is 0 Å². The summed E-state index contributed by atoms with van der Waals surface area (Å²) in [4.78, 5) is 34.5. The molecular formula is C28H19Cl2N3O5S. The van der Waals surface area contributed by atoms with Gasteiger partial charge in [0.05, 0.1) is 22.7 Å². The molecular weight excluding hydrogens is 561 g/mol. The van der Waals surface area contributed by atoms with Crippen LogP contribution in [0.2, 0.25) is 10.0 Å². The number of aromatic nitrogens is 2. The highest BCUT2D eigenvalue weighted by Crippen LogP contribution is 2.33. The fourth-order valence-electron chi connectivity index (χ4n) is 3.98. The highest BCUT2D eigenvalue weighted by atomic mass is 35.5. The molecule has 1 N–H and O–H groups in total. The number of benzene rings is 3. The molecule has 0 bridgehead atoms. The van der Waals surface area contributed by atoms with Crippen molar-refractivity contribution in [3.63, 3.8) is 0 Å². The zero-order valence-electron chi connectivity index (χ0n) is 20.3. The van der Waals surface area contributed by atoms with Crippen LogP contribution < -0.4 is 5.32 Å². The topological polar surface area (TPSA) is 119 Å². The number of aryl methyl sites for hydroxylation is 1. The predicted molar refractivity (Wildman–Crippen MR) is 148 cm³/mol. The Kier molecular flexibility index (Phi) is 7.22. The van der Waals surface area contributed by atoms with Crippen molar-refractivity contribution in [3.05, 3.63) is 117 Å². The van der Waals surface area contributed by atoms with Gasteiger partial charge in [0, 0.05) is 16.0 Å². The largest absolute Gasteiger partial charge is 0.450 e. The molecule has 196 valence electrons. The van der Waals surface area contributed by atoms with Crippen molar-refractivity contribution in [2.24, 2.45) is 0 Å². The third-order valence-corrected chi connectivity index (χ3v) is 7.80. The van der Waals surface area contributed by atoms with Gasteiger partial charge in [-0.2, -0.15) is 0 Å². The van der Waals surface area contributed by atoms with Crippen LogP contribution in [0.25, 0.3) is 11.0 Å². The molecule has 0 aliphatic carbocycles. The zero-order valence-corrected chi connectivity index (χ0v) is 22.6. The van der Waals surface area contributed by atoms with Crippen LogP contribution in [0.4, 0.5) is 5.69 Å². The summed E-state index contributed by atoms with van der Waals surface area (Å²) in [6.45, 7) is 1.85. The second-order valence-corrected chi connectivity index (χ2v) is 11.4. The molecule has 5 rings (SSSR count). The van der Waals surface area contributed by atoms with Crippen LogP contribution in [0.1, 0.15) is 37.7 Å². The average molecular weight is 580 g/mol. The molecule has 0 fully saturated rings. The number of nitrogens with zero attached hydrogens (tertiary/aromatic N) is 2. The Labute approximate surface area is 233 Å². The lowest BCUT2D eigenvalue weighted by molar-refractivity contribution is 0.101. The van der Waals surface area contributed by atoms with Gasteiger partial charge >= 0.3 is 0 Å². The molecule has 0 unspecified atom stereocenters. The Morgan fingerprint density at radius 2 is 1.72 bits per heavy atom. The molecule has 0 saturated carbocycles. The zero-order chi connectivity index (χ0) is 27.7. The number of anilines is 1. The summed E-state index contributed by atoms with van der Waals surface area (Å²) < 4.78 is 31.9. The van der Waals surface area contributed by atoms with Crippen molar-refractivity contribution >= 4 is 61.4 Å². The molecule has 0 saturated heterocycles. The van der Waals surface area contributed by atoms with Gasteiger partial charge in [0.1, 0.15) is 5.58 Å². The van der Waals surface area contributed by atoms with E-state index in [4.69, 9.17) is 27.6 Å². The summed E-state index contributed by atoms with van der Waals surface area (Å²) in [6, 6.07) is 20.0. The Bertz CT molecular complexity index is 1850. The number of ketones is 1. The molecule has 2 heterocycles. The molecule has 0 spiro atoms. The van der Waals surface area contributed by atoms with Gasteiger partial charge in [0.15, 0.2) is 11.5 Å². The van der Waals surface area contributed by atoms with Crippen LogP contribution in [0.3, 0.4) is 0 Å². The van der Waals surface area contributed by atoms with Crippen LogP contribution in [0, 0.1) is 6.92 Å². The van der Waals surface area contributed by atoms with Gasteiger partial charge in [-0.05, 0) is 48.9 Å². The number of hydrogen-bond acceptors (Lipinski definition) is 7. The molecule has 39 heavy (non-hydrogen) atoms. The van der Waals surface area contributed by atoms with Crippen LogP contribution in [-0.4, -0.2) is 30.1 Å². The molecule has 11 heteroatoms. The van der Waals surface area contributed by atoms with Gasteiger partial charge in [0.25, 0.3) is 5.91 Å². The quantitative estimate of drug-likeness (QED) is 0.177. The Balaban J connectivity index is 1.50. The maximum atomic E-state index is 13.4. The van der Waals surface area contributed by atoms with Crippen molar-refractivity contribution in [3.8, 4) is 0 Å². The Morgan fingerprint density at radius 3 is 2.46 bits per heavy atom. The number of para-hydroxylation sites is 1. The van der Waals surface area contributed by atoms with Crippen LogP contribution in [-0.2, 0) is 15.6 Å². The van der Waals surface area contributed by atoms with Crippen molar-refractivity contribution < 1.29 is 22.4 Å². The van der Waals surface area contributed by atoms with E-state index in [9.17, 15) is 18.0 Å². The molecule has 0 atom stereocenters. The lowest BCUT2D eigenvalue weighted by Gasteiger charge is -2.09. The number of rotatable bonds is 7. The summed E-state index contributed by atoms with van der Waals surface area (Å²) in [5.74, 6) is -1.81. The SMILES string of the molecule is Cc1cccc(CS(=O)(=O)c2ncc(Cl)c(C(=O)Nc3c(C(=O)c4ccc(Cl)cc4)oc4ccccc34)n2)c1. The summed E-state index contributed by atoms with van der Waals surface area (Å²) in [5, 5.41) is 2.84. The fourth-order valence-corrected chi connectivity index (χ4v) is 5.47. The van der Waals surface area contributed by atoms with Gasteiger partial charge in [-0.15, -0.1) is 0 Å². The van der Waals surface area contributed by atoms with E-state index >= 15 is 0 Å². The highest BCUT2D eigenvalue weighted by Gasteiger charge is 2.27. The summed E-state index contributed by atoms with van der Waals surface area (Å²) in [6.07, 6.45) is 1.06.